The van der Waals surface area contributed by atoms with Crippen molar-refractivity contribution in [2.75, 3.05) is 13.2 Å². The molecule has 1 aromatic rings. The number of amides is 5. The van der Waals surface area contributed by atoms with Crippen LogP contribution in [0.15, 0.2) is 24.3 Å². The van der Waals surface area contributed by atoms with Gasteiger partial charge in [-0.05, 0) is 30.9 Å². The fraction of sp³-hybridized carbons (Fsp3) is 0.444. The third kappa shape index (κ3) is 3.84. The molecule has 5 amide bonds. The minimum atomic E-state index is -1.27. The monoisotopic (exact) mass is 361 g/mol. The van der Waals surface area contributed by atoms with E-state index in [4.69, 9.17) is 0 Å². The number of nitrogens with one attached hydrogen (secondary N) is 2. The number of ether oxygens (including phenoxy) is 1. The van der Waals surface area contributed by atoms with E-state index in [1.54, 1.807) is 26.0 Å². The lowest BCUT2D eigenvalue weighted by atomic mass is 9.90. The van der Waals surface area contributed by atoms with Crippen molar-refractivity contribution in [2.45, 2.75) is 39.2 Å². The van der Waals surface area contributed by atoms with E-state index in [-0.39, 0.29) is 6.61 Å². The van der Waals surface area contributed by atoms with Crippen molar-refractivity contribution >= 4 is 23.9 Å². The van der Waals surface area contributed by atoms with Crippen LogP contribution in [0, 0.1) is 0 Å². The van der Waals surface area contributed by atoms with Crippen LogP contribution in [0.1, 0.15) is 44.7 Å². The summed E-state index contributed by atoms with van der Waals surface area (Å²) >= 11 is 0. The van der Waals surface area contributed by atoms with E-state index in [9.17, 15) is 19.2 Å². The van der Waals surface area contributed by atoms with E-state index < -0.39 is 36.0 Å². The van der Waals surface area contributed by atoms with Gasteiger partial charge in [-0.3, -0.25) is 19.8 Å². The lowest BCUT2D eigenvalue weighted by Gasteiger charge is -2.22. The number of urea groups is 1. The maximum absolute atomic E-state index is 12.8. The van der Waals surface area contributed by atoms with Crippen LogP contribution < -0.4 is 10.6 Å². The first-order chi connectivity index (χ1) is 12.2. The van der Waals surface area contributed by atoms with Crippen LogP contribution in [-0.2, 0) is 19.9 Å². The summed E-state index contributed by atoms with van der Waals surface area (Å²) in [6, 6.07) is 6.69. The summed E-state index contributed by atoms with van der Waals surface area (Å²) in [5.41, 5.74) is 0.463. The van der Waals surface area contributed by atoms with Crippen molar-refractivity contribution < 1.29 is 23.9 Å². The molecule has 0 spiro atoms. The van der Waals surface area contributed by atoms with Gasteiger partial charge in [0, 0.05) is 0 Å². The summed E-state index contributed by atoms with van der Waals surface area (Å²) in [4.78, 5) is 48.9. The summed E-state index contributed by atoms with van der Waals surface area (Å²) < 4.78 is 4.60. The molecule has 1 aliphatic heterocycles. The maximum Gasteiger partial charge on any atom is 0.413 e. The third-order valence-corrected chi connectivity index (χ3v) is 4.25. The van der Waals surface area contributed by atoms with E-state index in [0.29, 0.717) is 11.5 Å². The number of carbonyl (C=O) groups excluding carboxylic acids is 4. The quantitative estimate of drug-likeness (QED) is 0.779. The Morgan fingerprint density at radius 1 is 1.23 bits per heavy atom. The first-order valence-corrected chi connectivity index (χ1v) is 8.40. The lowest BCUT2D eigenvalue weighted by molar-refractivity contribution is -0.134. The average molecular weight is 361 g/mol. The highest BCUT2D eigenvalue weighted by atomic mass is 16.5. The molecule has 2 N–H and O–H groups in total. The Morgan fingerprint density at radius 3 is 2.38 bits per heavy atom. The van der Waals surface area contributed by atoms with Crippen molar-refractivity contribution in [3.63, 3.8) is 0 Å². The summed E-state index contributed by atoms with van der Waals surface area (Å²) in [7, 11) is 0. The predicted octanol–water partition coefficient (Wildman–Crippen LogP) is 1.85. The van der Waals surface area contributed by atoms with Gasteiger partial charge in [-0.2, -0.15) is 0 Å². The van der Waals surface area contributed by atoms with Gasteiger partial charge in [-0.15, -0.1) is 0 Å². The second-order valence-electron chi connectivity index (χ2n) is 6.49. The number of nitrogens with zero attached hydrogens (tertiary/aromatic N) is 1. The Bertz CT molecular complexity index is 729. The highest BCUT2D eigenvalue weighted by molar-refractivity contribution is 6.09. The molecule has 26 heavy (non-hydrogen) atoms. The lowest BCUT2D eigenvalue weighted by Crippen LogP contribution is -2.44. The number of alkyl carbamates (subject to hydrolysis) is 1. The Balaban J connectivity index is 2.14. The van der Waals surface area contributed by atoms with Gasteiger partial charge in [-0.1, -0.05) is 38.1 Å². The van der Waals surface area contributed by atoms with Gasteiger partial charge in [0.05, 0.1) is 6.61 Å². The van der Waals surface area contributed by atoms with Crippen LogP contribution in [0.2, 0.25) is 0 Å². The second kappa shape index (κ2) is 7.55. The minimum Gasteiger partial charge on any atom is -0.450 e. The topological polar surface area (TPSA) is 105 Å². The summed E-state index contributed by atoms with van der Waals surface area (Å²) in [5.74, 6) is -1.01. The Morgan fingerprint density at radius 2 is 1.85 bits per heavy atom. The molecule has 1 aromatic carbocycles. The molecule has 0 unspecified atom stereocenters. The molecule has 0 aromatic heterocycles. The van der Waals surface area contributed by atoms with Gasteiger partial charge in [0.15, 0.2) is 0 Å². The molecule has 0 bridgehead atoms. The van der Waals surface area contributed by atoms with Crippen LogP contribution >= 0.6 is 0 Å². The summed E-state index contributed by atoms with van der Waals surface area (Å²) in [5, 5.41) is 4.58. The largest absolute Gasteiger partial charge is 0.450 e. The van der Waals surface area contributed by atoms with Gasteiger partial charge in [0.25, 0.3) is 5.91 Å². The number of hydrogen-bond acceptors (Lipinski definition) is 5. The number of hydrogen-bond donors (Lipinski definition) is 2. The van der Waals surface area contributed by atoms with Gasteiger partial charge in [0.2, 0.25) is 5.91 Å². The van der Waals surface area contributed by atoms with Gasteiger partial charge >= 0.3 is 12.1 Å². The van der Waals surface area contributed by atoms with Crippen LogP contribution in [0.25, 0.3) is 0 Å². The second-order valence-corrected chi connectivity index (χ2v) is 6.49. The molecule has 8 nitrogen and oxygen atoms in total. The van der Waals surface area contributed by atoms with Crippen molar-refractivity contribution in [2.24, 2.45) is 0 Å². The highest BCUT2D eigenvalue weighted by Crippen LogP contribution is 2.29. The normalized spacial score (nSPS) is 19.5. The zero-order chi connectivity index (χ0) is 19.5. The molecule has 1 atom stereocenters. The zero-order valence-corrected chi connectivity index (χ0v) is 15.3. The fourth-order valence-electron chi connectivity index (χ4n) is 2.70. The molecule has 1 saturated heterocycles. The Labute approximate surface area is 151 Å². The Kier molecular flexibility index (Phi) is 5.64. The van der Waals surface area contributed by atoms with Crippen molar-refractivity contribution in [1.82, 2.24) is 15.5 Å². The van der Waals surface area contributed by atoms with Crippen molar-refractivity contribution in [1.29, 1.82) is 0 Å². The standard InChI is InChI=1S/C18H23N3O5/c1-5-26-17(25)19-14(22)10-21-15(23)18(4,20-16(21)24)13-8-6-12(7-9-13)11(2)3/h6-9,11H,5,10H2,1-4H3,(H,20,24)(H,19,22,25)/t18-/m1/s1. The SMILES string of the molecule is CCOC(=O)NC(=O)CN1C(=O)N[C@](C)(c2ccc(C(C)C)cc2)C1=O. The Hall–Kier alpha value is -2.90. The molecule has 140 valence electrons. The molecule has 0 saturated carbocycles. The molecule has 0 radical (unpaired) electrons. The number of benzene rings is 1. The predicted molar refractivity (Wildman–Crippen MR) is 93.3 cm³/mol. The molecule has 0 aliphatic carbocycles. The highest BCUT2D eigenvalue weighted by Gasteiger charge is 2.49. The fourth-order valence-corrected chi connectivity index (χ4v) is 2.70. The minimum absolute atomic E-state index is 0.104. The van der Waals surface area contributed by atoms with Crippen LogP contribution in [0.3, 0.4) is 0 Å². The molecular formula is C18H23N3O5. The van der Waals surface area contributed by atoms with Gasteiger partial charge in [0.1, 0.15) is 12.1 Å². The number of imide groups is 2. The molecule has 2 rings (SSSR count). The maximum atomic E-state index is 12.8. The van der Waals surface area contributed by atoms with E-state index >= 15 is 0 Å². The van der Waals surface area contributed by atoms with E-state index in [1.165, 1.54) is 0 Å². The molecule has 1 heterocycles. The first-order valence-electron chi connectivity index (χ1n) is 8.40. The first kappa shape index (κ1) is 19.4. The number of carbonyl (C=O) groups is 4. The molecule has 8 heteroatoms. The van der Waals surface area contributed by atoms with E-state index in [1.807, 2.05) is 17.4 Å². The van der Waals surface area contributed by atoms with Crippen molar-refractivity contribution in [3.05, 3.63) is 35.4 Å². The van der Waals surface area contributed by atoms with Crippen LogP contribution in [0.5, 0.6) is 0 Å². The summed E-state index contributed by atoms with van der Waals surface area (Å²) in [6.45, 7) is 6.83. The van der Waals surface area contributed by atoms with E-state index in [0.717, 1.165) is 10.5 Å². The average Bonchev–Trinajstić information content (AvgIpc) is 2.79. The molecule has 1 aliphatic rings. The van der Waals surface area contributed by atoms with Gasteiger partial charge in [-0.25, -0.2) is 9.59 Å². The van der Waals surface area contributed by atoms with Crippen LogP contribution in [-0.4, -0.2) is 42.0 Å². The zero-order valence-electron chi connectivity index (χ0n) is 15.3. The smallest absolute Gasteiger partial charge is 0.413 e. The summed E-state index contributed by atoms with van der Waals surface area (Å²) in [6.07, 6.45) is -0.920. The van der Waals surface area contributed by atoms with Crippen LogP contribution in [0.4, 0.5) is 9.59 Å². The third-order valence-electron chi connectivity index (χ3n) is 4.25. The molecule has 1 fully saturated rings. The van der Waals surface area contributed by atoms with Crippen molar-refractivity contribution in [3.8, 4) is 0 Å². The molecular weight excluding hydrogens is 338 g/mol. The number of rotatable bonds is 5. The van der Waals surface area contributed by atoms with E-state index in [2.05, 4.69) is 23.9 Å². The van der Waals surface area contributed by atoms with Gasteiger partial charge < -0.3 is 10.1 Å².